The highest BCUT2D eigenvalue weighted by atomic mass is 32.2. The van der Waals surface area contributed by atoms with Gasteiger partial charge in [0.2, 0.25) is 0 Å². The Kier molecular flexibility index (Phi) is 4.86. The van der Waals surface area contributed by atoms with Crippen molar-refractivity contribution in [3.8, 4) is 0 Å². The van der Waals surface area contributed by atoms with Crippen LogP contribution in [-0.2, 0) is 17.5 Å². The topological polar surface area (TPSA) is 37.4 Å². The van der Waals surface area contributed by atoms with Crippen molar-refractivity contribution in [1.29, 1.82) is 0 Å². The molecule has 0 atom stereocenters. The van der Waals surface area contributed by atoms with Gasteiger partial charge in [0, 0.05) is 0 Å². The van der Waals surface area contributed by atoms with E-state index in [1.807, 2.05) is 0 Å². The Morgan fingerprint density at radius 2 is 1.65 bits per heavy atom. The number of hydrogen-bond donors (Lipinski definition) is 0. The van der Waals surface area contributed by atoms with Crippen molar-refractivity contribution >= 4 is 29.0 Å². The second-order valence-corrected chi connectivity index (χ2v) is 6.47. The number of carbonyl (C=O) groups excluding carboxylic acids is 2. The van der Waals surface area contributed by atoms with E-state index in [1.165, 1.54) is 42.5 Å². The van der Waals surface area contributed by atoms with Crippen molar-refractivity contribution in [3.63, 3.8) is 0 Å². The zero-order chi connectivity index (χ0) is 18.9. The van der Waals surface area contributed by atoms with Crippen LogP contribution in [0, 0.1) is 5.82 Å². The lowest BCUT2D eigenvalue weighted by atomic mass is 10.1. The first-order valence-corrected chi connectivity index (χ1v) is 8.23. The highest BCUT2D eigenvalue weighted by Gasteiger charge is 2.37. The average Bonchev–Trinajstić information content (AvgIpc) is 2.84. The molecule has 0 radical (unpaired) electrons. The summed E-state index contributed by atoms with van der Waals surface area (Å²) in [6.07, 6.45) is -3.50. The van der Waals surface area contributed by atoms with E-state index in [1.54, 1.807) is 0 Å². The van der Waals surface area contributed by atoms with Crippen molar-refractivity contribution in [2.45, 2.75) is 12.7 Å². The van der Waals surface area contributed by atoms with Crippen molar-refractivity contribution in [2.75, 3.05) is 0 Å². The van der Waals surface area contributed by atoms with Crippen molar-refractivity contribution in [3.05, 3.63) is 75.9 Å². The minimum Gasteiger partial charge on any atom is -0.268 e. The third kappa shape index (κ3) is 3.80. The van der Waals surface area contributed by atoms with Crippen LogP contribution in [0.25, 0.3) is 6.08 Å². The zero-order valence-corrected chi connectivity index (χ0v) is 13.9. The molecule has 2 amide bonds. The van der Waals surface area contributed by atoms with E-state index in [2.05, 4.69) is 0 Å². The van der Waals surface area contributed by atoms with Crippen LogP contribution >= 0.6 is 11.8 Å². The molecule has 0 bridgehead atoms. The lowest BCUT2D eigenvalue weighted by Crippen LogP contribution is -2.27. The number of hydrogen-bond acceptors (Lipinski definition) is 3. The fourth-order valence-corrected chi connectivity index (χ4v) is 3.26. The Balaban J connectivity index is 1.87. The first-order valence-electron chi connectivity index (χ1n) is 7.42. The molecule has 0 aliphatic carbocycles. The van der Waals surface area contributed by atoms with E-state index in [4.69, 9.17) is 0 Å². The number of alkyl halides is 3. The summed E-state index contributed by atoms with van der Waals surface area (Å²) < 4.78 is 52.1. The Labute approximate surface area is 150 Å². The van der Waals surface area contributed by atoms with Crippen LogP contribution in [0.5, 0.6) is 0 Å². The molecule has 8 heteroatoms. The molecule has 0 unspecified atom stereocenters. The van der Waals surface area contributed by atoms with Gasteiger partial charge in [-0.05, 0) is 47.2 Å². The van der Waals surface area contributed by atoms with Gasteiger partial charge >= 0.3 is 6.18 Å². The van der Waals surface area contributed by atoms with Crippen LogP contribution in [0.15, 0.2) is 53.4 Å². The minimum absolute atomic E-state index is 0.0802. The van der Waals surface area contributed by atoms with E-state index < -0.39 is 28.7 Å². The maximum atomic E-state index is 13.1. The smallest absolute Gasteiger partial charge is 0.268 e. The molecule has 1 aliphatic rings. The molecular weight excluding hydrogens is 370 g/mol. The molecule has 0 spiro atoms. The molecule has 1 fully saturated rings. The molecular formula is C18H11F4NO2S. The third-order valence-corrected chi connectivity index (χ3v) is 4.59. The van der Waals surface area contributed by atoms with E-state index in [0.29, 0.717) is 17.3 Å². The normalized spacial score (nSPS) is 16.6. The summed E-state index contributed by atoms with van der Waals surface area (Å²) in [5.41, 5.74) is -0.539. The van der Waals surface area contributed by atoms with Gasteiger partial charge in [0.15, 0.2) is 0 Å². The van der Waals surface area contributed by atoms with E-state index in [-0.39, 0.29) is 17.0 Å². The maximum absolute atomic E-state index is 13.1. The second-order valence-electron chi connectivity index (χ2n) is 5.48. The van der Waals surface area contributed by atoms with Gasteiger partial charge < -0.3 is 0 Å². The van der Waals surface area contributed by atoms with Crippen molar-refractivity contribution < 1.29 is 27.2 Å². The highest BCUT2D eigenvalue weighted by Crippen LogP contribution is 2.37. The summed E-state index contributed by atoms with van der Waals surface area (Å²) in [6.45, 7) is -0.0802. The van der Waals surface area contributed by atoms with Gasteiger partial charge in [0.25, 0.3) is 11.1 Å². The predicted octanol–water partition coefficient (Wildman–Crippen LogP) is 5.08. The molecule has 1 aliphatic heterocycles. The number of halogens is 4. The quantitative estimate of drug-likeness (QED) is 0.550. The molecule has 134 valence electrons. The Morgan fingerprint density at radius 3 is 2.31 bits per heavy atom. The third-order valence-electron chi connectivity index (χ3n) is 3.68. The van der Waals surface area contributed by atoms with Crippen LogP contribution in [0.2, 0.25) is 0 Å². The van der Waals surface area contributed by atoms with E-state index in [9.17, 15) is 27.2 Å². The maximum Gasteiger partial charge on any atom is 0.416 e. The molecule has 3 nitrogen and oxygen atoms in total. The summed E-state index contributed by atoms with van der Waals surface area (Å²) in [4.78, 5) is 25.3. The number of imide groups is 1. The van der Waals surface area contributed by atoms with Gasteiger partial charge in [-0.25, -0.2) is 4.39 Å². The van der Waals surface area contributed by atoms with Crippen LogP contribution in [0.3, 0.4) is 0 Å². The number of rotatable bonds is 3. The van der Waals surface area contributed by atoms with Crippen LogP contribution in [0.1, 0.15) is 16.7 Å². The van der Waals surface area contributed by atoms with Gasteiger partial charge in [0.1, 0.15) is 5.82 Å². The summed E-state index contributed by atoms with van der Waals surface area (Å²) in [5.74, 6) is -1.13. The minimum atomic E-state index is -4.57. The second kappa shape index (κ2) is 6.95. The molecule has 26 heavy (non-hydrogen) atoms. The average molecular weight is 381 g/mol. The number of amides is 2. The Morgan fingerprint density at radius 1 is 1.00 bits per heavy atom. The standard InChI is InChI=1S/C18H11F4NO2S/c19-13-7-5-11(6-8-13)10-23-16(24)15(26-17(23)25)9-12-3-1-2-4-14(12)18(20,21)22/h1-9H,10H2/b15-9-. The molecule has 1 saturated heterocycles. The van der Waals surface area contributed by atoms with Gasteiger partial charge in [-0.1, -0.05) is 30.3 Å². The van der Waals surface area contributed by atoms with Gasteiger partial charge in [-0.2, -0.15) is 13.2 Å². The van der Waals surface area contributed by atoms with Crippen LogP contribution in [-0.4, -0.2) is 16.0 Å². The molecule has 2 aromatic carbocycles. The van der Waals surface area contributed by atoms with E-state index in [0.717, 1.165) is 17.0 Å². The molecule has 2 aromatic rings. The predicted molar refractivity (Wildman–Crippen MR) is 89.4 cm³/mol. The van der Waals surface area contributed by atoms with Crippen LogP contribution < -0.4 is 0 Å². The molecule has 3 rings (SSSR count). The zero-order valence-electron chi connectivity index (χ0n) is 13.1. The first-order chi connectivity index (χ1) is 12.3. The Hall–Kier alpha value is -2.61. The first kappa shape index (κ1) is 18.2. The van der Waals surface area contributed by atoms with Crippen molar-refractivity contribution in [1.82, 2.24) is 4.90 Å². The summed E-state index contributed by atoms with van der Waals surface area (Å²) in [5, 5.41) is -0.588. The molecule has 0 aromatic heterocycles. The SMILES string of the molecule is O=C1S/C(=C\c2ccccc2C(F)(F)F)C(=O)N1Cc1ccc(F)cc1. The number of carbonyl (C=O) groups is 2. The largest absolute Gasteiger partial charge is 0.416 e. The Bertz CT molecular complexity index is 891. The number of thioether (sulfide) groups is 1. The molecule has 1 heterocycles. The van der Waals surface area contributed by atoms with Gasteiger partial charge in [-0.3, -0.25) is 14.5 Å². The fraction of sp³-hybridized carbons (Fsp3) is 0.111. The number of nitrogens with zero attached hydrogens (tertiary/aromatic N) is 1. The lowest BCUT2D eigenvalue weighted by molar-refractivity contribution is -0.137. The van der Waals surface area contributed by atoms with Crippen molar-refractivity contribution in [2.24, 2.45) is 0 Å². The van der Waals surface area contributed by atoms with Crippen LogP contribution in [0.4, 0.5) is 22.4 Å². The summed E-state index contributed by atoms with van der Waals surface area (Å²) >= 11 is 0.575. The molecule has 0 N–H and O–H groups in total. The monoisotopic (exact) mass is 381 g/mol. The van der Waals surface area contributed by atoms with Gasteiger partial charge in [-0.15, -0.1) is 0 Å². The summed E-state index contributed by atoms with van der Waals surface area (Å²) in [7, 11) is 0. The highest BCUT2D eigenvalue weighted by molar-refractivity contribution is 8.18. The molecule has 0 saturated carbocycles. The van der Waals surface area contributed by atoms with Gasteiger partial charge in [0.05, 0.1) is 17.0 Å². The lowest BCUT2D eigenvalue weighted by Gasteiger charge is -2.12. The fourth-order valence-electron chi connectivity index (χ4n) is 2.43. The van der Waals surface area contributed by atoms with E-state index >= 15 is 0 Å². The summed E-state index contributed by atoms with van der Waals surface area (Å²) in [6, 6.07) is 10.1. The number of benzene rings is 2.